The fourth-order valence-corrected chi connectivity index (χ4v) is 5.20. The topological polar surface area (TPSA) is 35.0 Å². The smallest absolute Gasteiger partial charge is 0.159 e. The van der Waals surface area contributed by atoms with Crippen molar-refractivity contribution >= 4 is 0 Å². The minimum Gasteiger partial charge on any atom is -0.493 e. The lowest BCUT2D eigenvalue weighted by molar-refractivity contribution is 0.177. The minimum absolute atomic E-state index is 0.717. The molecule has 1 aliphatic carbocycles. The van der Waals surface area contributed by atoms with Gasteiger partial charge in [0.15, 0.2) is 5.82 Å². The second-order valence-corrected chi connectivity index (χ2v) is 10.5. The van der Waals surface area contributed by atoms with Gasteiger partial charge in [0.05, 0.1) is 6.61 Å². The van der Waals surface area contributed by atoms with Crippen LogP contribution in [0.5, 0.6) is 5.75 Å². The number of benzene rings is 1. The molecule has 1 aromatic heterocycles. The van der Waals surface area contributed by atoms with E-state index in [0.29, 0.717) is 5.92 Å². The van der Waals surface area contributed by atoms with Gasteiger partial charge in [0.25, 0.3) is 0 Å². The lowest BCUT2D eigenvalue weighted by atomic mass is 9.80. The Morgan fingerprint density at radius 1 is 0.706 bits per heavy atom. The molecule has 3 heteroatoms. The van der Waals surface area contributed by atoms with E-state index in [1.807, 2.05) is 12.4 Å². The molecule has 1 fully saturated rings. The third-order valence-corrected chi connectivity index (χ3v) is 7.55. The van der Waals surface area contributed by atoms with E-state index in [9.17, 15) is 0 Å². The summed E-state index contributed by atoms with van der Waals surface area (Å²) >= 11 is 0. The molecule has 0 radical (unpaired) electrons. The second kappa shape index (κ2) is 15.9. The van der Waals surface area contributed by atoms with E-state index in [1.54, 1.807) is 0 Å². The summed E-state index contributed by atoms with van der Waals surface area (Å²) in [6, 6.07) is 8.32. The molecule has 1 aliphatic rings. The summed E-state index contributed by atoms with van der Waals surface area (Å²) < 4.78 is 6.15. The second-order valence-electron chi connectivity index (χ2n) is 10.5. The molecular formula is C31H48N2O. The maximum absolute atomic E-state index is 6.15. The van der Waals surface area contributed by atoms with Crippen molar-refractivity contribution in [3.05, 3.63) is 42.2 Å². The number of nitrogens with zero attached hydrogens (tertiary/aromatic N) is 2. The van der Waals surface area contributed by atoms with Crippen molar-refractivity contribution in [1.82, 2.24) is 9.97 Å². The molecule has 1 saturated carbocycles. The van der Waals surface area contributed by atoms with Crippen LogP contribution in [0.3, 0.4) is 0 Å². The van der Waals surface area contributed by atoms with Crippen LogP contribution in [-0.2, 0) is 6.42 Å². The molecule has 0 N–H and O–H groups in total. The van der Waals surface area contributed by atoms with Gasteiger partial charge in [0, 0.05) is 18.0 Å². The molecule has 2 aromatic rings. The van der Waals surface area contributed by atoms with Crippen molar-refractivity contribution in [1.29, 1.82) is 0 Å². The van der Waals surface area contributed by atoms with Gasteiger partial charge in [-0.3, -0.25) is 0 Å². The van der Waals surface area contributed by atoms with E-state index in [0.717, 1.165) is 36.1 Å². The number of ether oxygens (including phenoxy) is 1. The molecule has 1 heterocycles. The highest BCUT2D eigenvalue weighted by atomic mass is 16.5. The van der Waals surface area contributed by atoms with Crippen LogP contribution in [0.4, 0.5) is 0 Å². The fraction of sp³-hybridized carbons (Fsp3) is 0.677. The van der Waals surface area contributed by atoms with E-state index in [2.05, 4.69) is 48.1 Å². The van der Waals surface area contributed by atoms with Crippen molar-refractivity contribution in [2.75, 3.05) is 6.61 Å². The van der Waals surface area contributed by atoms with Crippen LogP contribution in [0.1, 0.15) is 116 Å². The van der Waals surface area contributed by atoms with Crippen molar-refractivity contribution < 1.29 is 4.74 Å². The van der Waals surface area contributed by atoms with Gasteiger partial charge in [-0.2, -0.15) is 0 Å². The van der Waals surface area contributed by atoms with E-state index >= 15 is 0 Å². The first-order valence-corrected chi connectivity index (χ1v) is 14.3. The molecule has 0 bridgehead atoms. The Balaban J connectivity index is 1.33. The maximum Gasteiger partial charge on any atom is 0.159 e. The highest BCUT2D eigenvalue weighted by molar-refractivity contribution is 5.55. The lowest BCUT2D eigenvalue weighted by Crippen LogP contribution is -2.20. The molecule has 0 atom stereocenters. The van der Waals surface area contributed by atoms with E-state index in [4.69, 9.17) is 4.74 Å². The monoisotopic (exact) mass is 464 g/mol. The molecule has 0 amide bonds. The molecule has 3 nitrogen and oxygen atoms in total. The van der Waals surface area contributed by atoms with Gasteiger partial charge in [-0.1, -0.05) is 90.9 Å². The van der Waals surface area contributed by atoms with Crippen LogP contribution in [-0.4, -0.2) is 16.6 Å². The van der Waals surface area contributed by atoms with Crippen LogP contribution in [0.2, 0.25) is 0 Å². The number of aryl methyl sites for hydroxylation is 1. The van der Waals surface area contributed by atoms with Gasteiger partial charge in [-0.05, 0) is 67.3 Å². The number of aromatic nitrogens is 2. The summed E-state index contributed by atoms with van der Waals surface area (Å²) in [5.41, 5.74) is 2.30. The van der Waals surface area contributed by atoms with Gasteiger partial charge >= 0.3 is 0 Å². The van der Waals surface area contributed by atoms with Gasteiger partial charge < -0.3 is 4.74 Å². The fourth-order valence-electron chi connectivity index (χ4n) is 5.20. The van der Waals surface area contributed by atoms with Gasteiger partial charge in [0.2, 0.25) is 0 Å². The molecule has 0 unspecified atom stereocenters. The molecule has 0 spiro atoms. The summed E-state index contributed by atoms with van der Waals surface area (Å²) in [7, 11) is 0. The Morgan fingerprint density at radius 2 is 1.29 bits per heavy atom. The summed E-state index contributed by atoms with van der Waals surface area (Å²) in [5, 5.41) is 0. The normalized spacial score (nSPS) is 18.2. The van der Waals surface area contributed by atoms with Crippen LogP contribution >= 0.6 is 0 Å². The molecule has 0 aliphatic heterocycles. The summed E-state index contributed by atoms with van der Waals surface area (Å²) in [5.74, 6) is 3.44. The zero-order chi connectivity index (χ0) is 23.8. The quantitative estimate of drug-likeness (QED) is 0.232. The highest BCUT2D eigenvalue weighted by Crippen LogP contribution is 2.32. The maximum atomic E-state index is 6.15. The van der Waals surface area contributed by atoms with Crippen molar-refractivity contribution in [3.8, 4) is 17.1 Å². The lowest BCUT2D eigenvalue weighted by Gasteiger charge is -2.28. The average Bonchev–Trinajstić information content (AvgIpc) is 2.89. The van der Waals surface area contributed by atoms with Crippen molar-refractivity contribution in [2.24, 2.45) is 11.8 Å². The van der Waals surface area contributed by atoms with Crippen LogP contribution in [0.25, 0.3) is 11.4 Å². The highest BCUT2D eigenvalue weighted by Gasteiger charge is 2.21. The van der Waals surface area contributed by atoms with E-state index in [-0.39, 0.29) is 0 Å². The Morgan fingerprint density at radius 3 is 1.94 bits per heavy atom. The summed E-state index contributed by atoms with van der Waals surface area (Å²) in [6.45, 7) is 5.40. The van der Waals surface area contributed by atoms with Crippen LogP contribution in [0.15, 0.2) is 36.7 Å². The standard InChI is InChI=1S/C31H48N2O/c1-3-5-7-9-11-13-26-15-17-27(18-16-26)25-34-30-21-19-29(20-22-30)31-32-23-28(24-33-31)14-12-10-8-6-4-2/h19-24,26-27H,3-18,25H2,1-2H3/t26-,27-. The first-order valence-electron chi connectivity index (χ1n) is 14.3. The minimum atomic E-state index is 0.717. The van der Waals surface area contributed by atoms with Crippen LogP contribution < -0.4 is 4.74 Å². The first kappa shape index (κ1) is 26.7. The van der Waals surface area contributed by atoms with Crippen molar-refractivity contribution in [3.63, 3.8) is 0 Å². The number of rotatable bonds is 16. The Kier molecular flexibility index (Phi) is 12.5. The molecular weight excluding hydrogens is 416 g/mol. The van der Waals surface area contributed by atoms with Gasteiger partial charge in [-0.25, -0.2) is 9.97 Å². The Hall–Kier alpha value is -1.90. The number of hydrogen-bond acceptors (Lipinski definition) is 3. The van der Waals surface area contributed by atoms with Crippen molar-refractivity contribution in [2.45, 2.75) is 117 Å². The molecule has 0 saturated heterocycles. The average molecular weight is 465 g/mol. The zero-order valence-electron chi connectivity index (χ0n) is 21.9. The molecule has 1 aromatic carbocycles. The summed E-state index contributed by atoms with van der Waals surface area (Å²) in [4.78, 5) is 9.21. The molecule has 188 valence electrons. The molecule has 34 heavy (non-hydrogen) atoms. The predicted molar refractivity (Wildman–Crippen MR) is 144 cm³/mol. The predicted octanol–water partition coefficient (Wildman–Crippen LogP) is 9.20. The Labute approximate surface area is 209 Å². The largest absolute Gasteiger partial charge is 0.493 e. The zero-order valence-corrected chi connectivity index (χ0v) is 21.9. The summed E-state index contributed by atoms with van der Waals surface area (Å²) in [6.07, 6.45) is 25.5. The van der Waals surface area contributed by atoms with Gasteiger partial charge in [-0.15, -0.1) is 0 Å². The third kappa shape index (κ3) is 9.76. The molecule has 3 rings (SSSR count). The number of hydrogen-bond donors (Lipinski definition) is 0. The SMILES string of the molecule is CCCCCCCc1cnc(-c2ccc(OC[C@H]3CC[C@H](CCCCCCC)CC3)cc2)nc1. The van der Waals surface area contributed by atoms with E-state index < -0.39 is 0 Å². The van der Waals surface area contributed by atoms with E-state index in [1.165, 1.54) is 102 Å². The van der Waals surface area contributed by atoms with Crippen LogP contribution in [0, 0.1) is 11.8 Å². The number of unbranched alkanes of at least 4 members (excludes halogenated alkanes) is 8. The first-order chi connectivity index (χ1) is 16.8. The van der Waals surface area contributed by atoms with Gasteiger partial charge in [0.1, 0.15) is 5.75 Å². The Bertz CT molecular complexity index is 763. The third-order valence-electron chi connectivity index (χ3n) is 7.55.